The van der Waals surface area contributed by atoms with Crippen LogP contribution in [0.4, 0.5) is 0 Å². The number of H-pyrrole nitrogens is 1. The van der Waals surface area contributed by atoms with Crippen molar-refractivity contribution < 1.29 is 4.79 Å². The molecule has 0 atom stereocenters. The lowest BCUT2D eigenvalue weighted by Crippen LogP contribution is -2.23. The molecule has 4 heteroatoms. The first-order chi connectivity index (χ1) is 10.1. The third kappa shape index (κ3) is 2.65. The van der Waals surface area contributed by atoms with Crippen LogP contribution in [0.15, 0.2) is 42.7 Å². The summed E-state index contributed by atoms with van der Waals surface area (Å²) in [5.74, 6) is -0.0850. The first kappa shape index (κ1) is 13.4. The fourth-order valence-corrected chi connectivity index (χ4v) is 2.44. The third-order valence-electron chi connectivity index (χ3n) is 3.64. The lowest BCUT2D eigenvalue weighted by molar-refractivity contribution is 0.0946. The summed E-state index contributed by atoms with van der Waals surface area (Å²) in [6.07, 6.45) is 3.44. The minimum absolute atomic E-state index is 0.0850. The molecule has 1 aromatic carbocycles. The largest absolute Gasteiger partial charge is 0.350 e. The molecule has 106 valence electrons. The van der Waals surface area contributed by atoms with Gasteiger partial charge in [-0.25, -0.2) is 0 Å². The van der Waals surface area contributed by atoms with Crippen LogP contribution in [0.3, 0.4) is 0 Å². The average molecular weight is 279 g/mol. The monoisotopic (exact) mass is 279 g/mol. The number of aryl methyl sites for hydroxylation is 2. The predicted octanol–water partition coefficient (Wildman–Crippen LogP) is 3.11. The fourth-order valence-electron chi connectivity index (χ4n) is 2.44. The van der Waals surface area contributed by atoms with Gasteiger partial charge in [0.2, 0.25) is 0 Å². The number of nitrogens with one attached hydrogen (secondary N) is 2. The molecular weight excluding hydrogens is 262 g/mol. The standard InChI is InChI=1S/C17H17N3O/c1-11-3-4-15-14(9-11)12(2)16(20-15)17(21)19-10-13-5-7-18-8-6-13/h3-9,20H,10H2,1-2H3,(H,19,21). The number of rotatable bonds is 3. The smallest absolute Gasteiger partial charge is 0.268 e. The van der Waals surface area contributed by atoms with Crippen LogP contribution < -0.4 is 5.32 Å². The molecule has 0 spiro atoms. The first-order valence-corrected chi connectivity index (χ1v) is 6.91. The van der Waals surface area contributed by atoms with Crippen LogP contribution in [0.25, 0.3) is 10.9 Å². The highest BCUT2D eigenvalue weighted by Gasteiger charge is 2.14. The topological polar surface area (TPSA) is 57.8 Å². The van der Waals surface area contributed by atoms with Gasteiger partial charge in [-0.05, 0) is 49.2 Å². The zero-order valence-corrected chi connectivity index (χ0v) is 12.1. The number of carbonyl (C=O) groups excluding carboxylic acids is 1. The van der Waals surface area contributed by atoms with E-state index in [0.29, 0.717) is 12.2 Å². The van der Waals surface area contributed by atoms with Gasteiger partial charge in [-0.2, -0.15) is 0 Å². The predicted molar refractivity (Wildman–Crippen MR) is 83.2 cm³/mol. The van der Waals surface area contributed by atoms with E-state index in [0.717, 1.165) is 22.0 Å². The number of hydrogen-bond acceptors (Lipinski definition) is 2. The second-order valence-corrected chi connectivity index (χ2v) is 5.21. The number of carbonyl (C=O) groups is 1. The van der Waals surface area contributed by atoms with Gasteiger partial charge in [0.15, 0.2) is 0 Å². The second kappa shape index (κ2) is 5.40. The van der Waals surface area contributed by atoms with Crippen molar-refractivity contribution in [3.8, 4) is 0 Å². The molecule has 0 aliphatic heterocycles. The van der Waals surface area contributed by atoms with Crippen molar-refractivity contribution in [3.05, 3.63) is 65.1 Å². The summed E-state index contributed by atoms with van der Waals surface area (Å²) in [5, 5.41) is 4.03. The van der Waals surface area contributed by atoms with Crippen LogP contribution in [0.5, 0.6) is 0 Å². The summed E-state index contributed by atoms with van der Waals surface area (Å²) in [6, 6.07) is 9.93. The molecule has 0 unspecified atom stereocenters. The van der Waals surface area contributed by atoms with Crippen LogP contribution in [0, 0.1) is 13.8 Å². The molecule has 21 heavy (non-hydrogen) atoms. The van der Waals surface area contributed by atoms with E-state index in [1.807, 2.05) is 31.2 Å². The molecule has 2 heterocycles. The lowest BCUT2D eigenvalue weighted by Gasteiger charge is -2.04. The van der Waals surface area contributed by atoms with Crippen LogP contribution in [0.1, 0.15) is 27.2 Å². The maximum absolute atomic E-state index is 12.3. The zero-order valence-electron chi connectivity index (χ0n) is 12.1. The van der Waals surface area contributed by atoms with E-state index >= 15 is 0 Å². The Kier molecular flexibility index (Phi) is 3.44. The molecule has 0 aliphatic rings. The van der Waals surface area contributed by atoms with Gasteiger partial charge in [-0.3, -0.25) is 9.78 Å². The number of amides is 1. The number of fused-ring (bicyclic) bond motifs is 1. The molecule has 0 bridgehead atoms. The van der Waals surface area contributed by atoms with Gasteiger partial charge in [0.1, 0.15) is 5.69 Å². The maximum Gasteiger partial charge on any atom is 0.268 e. The molecule has 0 saturated carbocycles. The molecule has 3 rings (SSSR count). The van der Waals surface area contributed by atoms with Crippen molar-refractivity contribution >= 4 is 16.8 Å². The van der Waals surface area contributed by atoms with Gasteiger partial charge in [-0.1, -0.05) is 11.6 Å². The van der Waals surface area contributed by atoms with E-state index in [4.69, 9.17) is 0 Å². The number of pyridine rings is 1. The Morgan fingerprint density at radius 3 is 2.71 bits per heavy atom. The first-order valence-electron chi connectivity index (χ1n) is 6.91. The summed E-state index contributed by atoms with van der Waals surface area (Å²) in [7, 11) is 0. The minimum atomic E-state index is -0.0850. The molecule has 2 aromatic heterocycles. The van der Waals surface area contributed by atoms with Gasteiger partial charge >= 0.3 is 0 Å². The summed E-state index contributed by atoms with van der Waals surface area (Å²) in [4.78, 5) is 19.5. The van der Waals surface area contributed by atoms with Crippen molar-refractivity contribution in [3.63, 3.8) is 0 Å². The van der Waals surface area contributed by atoms with Crippen molar-refractivity contribution in [1.82, 2.24) is 15.3 Å². The van der Waals surface area contributed by atoms with Gasteiger partial charge < -0.3 is 10.3 Å². The van der Waals surface area contributed by atoms with E-state index in [-0.39, 0.29) is 5.91 Å². The summed E-state index contributed by atoms with van der Waals surface area (Å²) in [6.45, 7) is 4.52. The van der Waals surface area contributed by atoms with Crippen LogP contribution in [0.2, 0.25) is 0 Å². The lowest BCUT2D eigenvalue weighted by atomic mass is 10.1. The second-order valence-electron chi connectivity index (χ2n) is 5.21. The summed E-state index contributed by atoms with van der Waals surface area (Å²) in [5.41, 5.74) is 4.83. The molecule has 0 fully saturated rings. The Labute approximate surface area is 123 Å². The van der Waals surface area contributed by atoms with Crippen molar-refractivity contribution in [2.45, 2.75) is 20.4 Å². The molecule has 0 aliphatic carbocycles. The molecular formula is C17H17N3O. The summed E-state index contributed by atoms with van der Waals surface area (Å²) >= 11 is 0. The molecule has 2 N–H and O–H groups in total. The minimum Gasteiger partial charge on any atom is -0.350 e. The number of hydrogen-bond donors (Lipinski definition) is 2. The molecule has 0 radical (unpaired) electrons. The number of aromatic amines is 1. The number of aromatic nitrogens is 2. The Bertz CT molecular complexity index is 790. The van der Waals surface area contributed by atoms with E-state index in [1.54, 1.807) is 12.4 Å². The summed E-state index contributed by atoms with van der Waals surface area (Å²) < 4.78 is 0. The van der Waals surface area contributed by atoms with Gasteiger partial charge in [0, 0.05) is 29.8 Å². The zero-order chi connectivity index (χ0) is 14.8. The maximum atomic E-state index is 12.3. The van der Waals surface area contributed by atoms with Crippen LogP contribution in [-0.2, 0) is 6.54 Å². The Hall–Kier alpha value is -2.62. The van der Waals surface area contributed by atoms with Crippen molar-refractivity contribution in [2.75, 3.05) is 0 Å². The highest BCUT2D eigenvalue weighted by atomic mass is 16.1. The molecule has 1 amide bonds. The van der Waals surface area contributed by atoms with Crippen molar-refractivity contribution in [2.24, 2.45) is 0 Å². The fraction of sp³-hybridized carbons (Fsp3) is 0.176. The highest BCUT2D eigenvalue weighted by molar-refractivity contribution is 6.00. The SMILES string of the molecule is Cc1ccc2[nH]c(C(=O)NCc3ccncc3)c(C)c2c1. The Balaban J connectivity index is 1.83. The van der Waals surface area contributed by atoms with Gasteiger partial charge in [-0.15, -0.1) is 0 Å². The number of nitrogens with zero attached hydrogens (tertiary/aromatic N) is 1. The molecule has 3 aromatic rings. The Morgan fingerprint density at radius 1 is 1.19 bits per heavy atom. The van der Waals surface area contributed by atoms with Crippen molar-refractivity contribution in [1.29, 1.82) is 0 Å². The third-order valence-corrected chi connectivity index (χ3v) is 3.64. The average Bonchev–Trinajstić information content (AvgIpc) is 2.83. The molecule has 0 saturated heterocycles. The van der Waals surface area contributed by atoms with Gasteiger partial charge in [0.25, 0.3) is 5.91 Å². The van der Waals surface area contributed by atoms with E-state index < -0.39 is 0 Å². The van der Waals surface area contributed by atoms with Crippen LogP contribution >= 0.6 is 0 Å². The highest BCUT2D eigenvalue weighted by Crippen LogP contribution is 2.22. The van der Waals surface area contributed by atoms with Crippen LogP contribution in [-0.4, -0.2) is 15.9 Å². The van der Waals surface area contributed by atoms with E-state index in [9.17, 15) is 4.79 Å². The van der Waals surface area contributed by atoms with E-state index in [2.05, 4.69) is 28.3 Å². The van der Waals surface area contributed by atoms with Gasteiger partial charge in [0.05, 0.1) is 0 Å². The molecule has 4 nitrogen and oxygen atoms in total. The van der Waals surface area contributed by atoms with E-state index in [1.165, 1.54) is 5.56 Å². The Morgan fingerprint density at radius 2 is 1.95 bits per heavy atom. The quantitative estimate of drug-likeness (QED) is 0.774. The normalized spacial score (nSPS) is 10.8. The number of benzene rings is 1.